The second kappa shape index (κ2) is 5.42. The molecule has 98 valence electrons. The number of hydrogen-bond acceptors (Lipinski definition) is 2. The topological polar surface area (TPSA) is 38.3 Å². The Balaban J connectivity index is 1.79. The van der Waals surface area contributed by atoms with E-state index in [9.17, 15) is 4.79 Å². The van der Waals surface area contributed by atoms with Gasteiger partial charge in [0.15, 0.2) is 0 Å². The number of nitrogens with one attached hydrogen (secondary N) is 1. The largest absolute Gasteiger partial charge is 0.491 e. The molecule has 1 amide bonds. The van der Waals surface area contributed by atoms with Crippen molar-refractivity contribution in [2.75, 3.05) is 6.61 Å². The van der Waals surface area contributed by atoms with E-state index in [0.717, 1.165) is 18.6 Å². The van der Waals surface area contributed by atoms with E-state index in [2.05, 4.69) is 25.2 Å². The minimum absolute atomic E-state index is 0.0553. The van der Waals surface area contributed by atoms with Gasteiger partial charge in [-0.15, -0.1) is 0 Å². The van der Waals surface area contributed by atoms with Crippen molar-refractivity contribution in [3.63, 3.8) is 0 Å². The summed E-state index contributed by atoms with van der Waals surface area (Å²) in [5, 5.41) is 2.97. The summed E-state index contributed by atoms with van der Waals surface area (Å²) in [6, 6.07) is 6.11. The smallest absolute Gasteiger partial charge is 0.223 e. The Bertz CT molecular complexity index is 438. The number of carbonyl (C=O) groups is 1. The summed E-state index contributed by atoms with van der Waals surface area (Å²) in [5.74, 6) is 1.30. The molecule has 1 aromatic rings. The lowest BCUT2D eigenvalue weighted by Crippen LogP contribution is -2.37. The van der Waals surface area contributed by atoms with Crippen molar-refractivity contribution in [2.24, 2.45) is 5.92 Å². The van der Waals surface area contributed by atoms with Crippen LogP contribution < -0.4 is 10.1 Å². The summed E-state index contributed by atoms with van der Waals surface area (Å²) in [7, 11) is 0. The van der Waals surface area contributed by atoms with E-state index in [1.807, 2.05) is 19.1 Å². The SMILES string of the molecule is Cc1ccc(OC[C@H](C)NC(=O)C2CC2)cc1C. The number of benzene rings is 1. The van der Waals surface area contributed by atoms with Crippen molar-refractivity contribution in [1.29, 1.82) is 0 Å². The zero-order valence-corrected chi connectivity index (χ0v) is 11.3. The number of aryl methyl sites for hydroxylation is 2. The summed E-state index contributed by atoms with van der Waals surface area (Å²) in [6.07, 6.45) is 2.08. The number of amides is 1. The fourth-order valence-corrected chi connectivity index (χ4v) is 1.77. The Labute approximate surface area is 109 Å². The first kappa shape index (κ1) is 12.9. The van der Waals surface area contributed by atoms with Gasteiger partial charge >= 0.3 is 0 Å². The van der Waals surface area contributed by atoms with Gasteiger partial charge in [0, 0.05) is 5.92 Å². The number of hydrogen-bond donors (Lipinski definition) is 1. The lowest BCUT2D eigenvalue weighted by atomic mass is 10.1. The molecule has 0 saturated heterocycles. The summed E-state index contributed by atoms with van der Waals surface area (Å²) in [5.41, 5.74) is 2.49. The van der Waals surface area contributed by atoms with Crippen LogP contribution in [0, 0.1) is 19.8 Å². The Kier molecular flexibility index (Phi) is 3.90. The molecule has 1 aromatic carbocycles. The van der Waals surface area contributed by atoms with Gasteiger partial charge in [-0.1, -0.05) is 6.07 Å². The average Bonchev–Trinajstić information content (AvgIpc) is 3.14. The summed E-state index contributed by atoms with van der Waals surface area (Å²) >= 11 is 0. The van der Waals surface area contributed by atoms with Crippen molar-refractivity contribution in [1.82, 2.24) is 5.32 Å². The molecule has 2 rings (SSSR count). The van der Waals surface area contributed by atoms with Gasteiger partial charge in [-0.05, 0) is 56.9 Å². The molecular formula is C15H21NO2. The highest BCUT2D eigenvalue weighted by molar-refractivity contribution is 5.81. The Morgan fingerprint density at radius 1 is 1.39 bits per heavy atom. The highest BCUT2D eigenvalue weighted by Crippen LogP contribution is 2.28. The Hall–Kier alpha value is -1.51. The molecule has 3 nitrogen and oxygen atoms in total. The lowest BCUT2D eigenvalue weighted by Gasteiger charge is -2.15. The summed E-state index contributed by atoms with van der Waals surface area (Å²) in [4.78, 5) is 11.6. The maximum absolute atomic E-state index is 11.6. The molecule has 1 aliphatic carbocycles. The molecule has 1 atom stereocenters. The van der Waals surface area contributed by atoms with Crippen LogP contribution in [0.4, 0.5) is 0 Å². The van der Waals surface area contributed by atoms with Crippen molar-refractivity contribution in [3.8, 4) is 5.75 Å². The number of rotatable bonds is 5. The third-order valence-corrected chi connectivity index (χ3v) is 3.32. The summed E-state index contributed by atoms with van der Waals surface area (Å²) in [6.45, 7) is 6.64. The van der Waals surface area contributed by atoms with Crippen molar-refractivity contribution < 1.29 is 9.53 Å². The lowest BCUT2D eigenvalue weighted by molar-refractivity contribution is -0.123. The van der Waals surface area contributed by atoms with E-state index in [4.69, 9.17) is 4.74 Å². The zero-order chi connectivity index (χ0) is 13.1. The molecule has 0 aromatic heterocycles. The molecule has 0 bridgehead atoms. The minimum Gasteiger partial charge on any atom is -0.491 e. The fourth-order valence-electron chi connectivity index (χ4n) is 1.77. The van der Waals surface area contributed by atoms with E-state index in [0.29, 0.717) is 6.61 Å². The van der Waals surface area contributed by atoms with Gasteiger partial charge in [-0.2, -0.15) is 0 Å². The predicted octanol–water partition coefficient (Wildman–Crippen LogP) is 2.60. The van der Waals surface area contributed by atoms with Crippen LogP contribution in [-0.2, 0) is 4.79 Å². The molecule has 0 spiro atoms. The third-order valence-electron chi connectivity index (χ3n) is 3.32. The van der Waals surface area contributed by atoms with Gasteiger partial charge in [0.1, 0.15) is 12.4 Å². The van der Waals surface area contributed by atoms with Gasteiger partial charge in [-0.25, -0.2) is 0 Å². The van der Waals surface area contributed by atoms with E-state index >= 15 is 0 Å². The first-order chi connectivity index (χ1) is 8.56. The Morgan fingerprint density at radius 2 is 2.11 bits per heavy atom. The normalized spacial score (nSPS) is 16.2. The van der Waals surface area contributed by atoms with E-state index in [1.54, 1.807) is 0 Å². The fraction of sp³-hybridized carbons (Fsp3) is 0.533. The number of carbonyl (C=O) groups excluding carboxylic acids is 1. The second-order valence-electron chi connectivity index (χ2n) is 5.24. The molecule has 0 heterocycles. The van der Waals surface area contributed by atoms with Gasteiger partial charge in [0.25, 0.3) is 0 Å². The quantitative estimate of drug-likeness (QED) is 0.868. The molecule has 1 saturated carbocycles. The van der Waals surface area contributed by atoms with Gasteiger partial charge < -0.3 is 10.1 Å². The van der Waals surface area contributed by atoms with Crippen LogP contribution in [0.5, 0.6) is 5.75 Å². The molecule has 1 fully saturated rings. The van der Waals surface area contributed by atoms with Crippen LogP contribution in [0.2, 0.25) is 0 Å². The highest BCUT2D eigenvalue weighted by Gasteiger charge is 2.30. The van der Waals surface area contributed by atoms with Crippen LogP contribution in [-0.4, -0.2) is 18.6 Å². The zero-order valence-electron chi connectivity index (χ0n) is 11.3. The van der Waals surface area contributed by atoms with Gasteiger partial charge in [0.05, 0.1) is 6.04 Å². The summed E-state index contributed by atoms with van der Waals surface area (Å²) < 4.78 is 5.69. The highest BCUT2D eigenvalue weighted by atomic mass is 16.5. The maximum atomic E-state index is 11.6. The molecule has 1 N–H and O–H groups in total. The second-order valence-corrected chi connectivity index (χ2v) is 5.24. The van der Waals surface area contributed by atoms with Crippen LogP contribution >= 0.6 is 0 Å². The van der Waals surface area contributed by atoms with Gasteiger partial charge in [-0.3, -0.25) is 4.79 Å². The standard InChI is InChI=1S/C15H21NO2/c1-10-4-7-14(8-11(10)2)18-9-12(3)16-15(17)13-5-6-13/h4,7-8,12-13H,5-6,9H2,1-3H3,(H,16,17)/t12-/m0/s1. The van der Waals surface area contributed by atoms with Crippen molar-refractivity contribution >= 4 is 5.91 Å². The van der Waals surface area contributed by atoms with E-state index in [-0.39, 0.29) is 17.9 Å². The van der Waals surface area contributed by atoms with Crippen molar-refractivity contribution in [2.45, 2.75) is 39.7 Å². The molecule has 0 aliphatic heterocycles. The van der Waals surface area contributed by atoms with E-state index in [1.165, 1.54) is 11.1 Å². The average molecular weight is 247 g/mol. The molecule has 0 radical (unpaired) electrons. The maximum Gasteiger partial charge on any atom is 0.223 e. The van der Waals surface area contributed by atoms with Crippen LogP contribution in [0.3, 0.4) is 0 Å². The van der Waals surface area contributed by atoms with Gasteiger partial charge in [0.2, 0.25) is 5.91 Å². The monoisotopic (exact) mass is 247 g/mol. The third kappa shape index (κ3) is 3.49. The molecule has 3 heteroatoms. The first-order valence-electron chi connectivity index (χ1n) is 6.56. The van der Waals surface area contributed by atoms with Crippen LogP contribution in [0.15, 0.2) is 18.2 Å². The van der Waals surface area contributed by atoms with Crippen molar-refractivity contribution in [3.05, 3.63) is 29.3 Å². The molecule has 18 heavy (non-hydrogen) atoms. The van der Waals surface area contributed by atoms with Crippen LogP contribution in [0.25, 0.3) is 0 Å². The van der Waals surface area contributed by atoms with E-state index < -0.39 is 0 Å². The van der Waals surface area contributed by atoms with Crippen LogP contribution in [0.1, 0.15) is 30.9 Å². The molecular weight excluding hydrogens is 226 g/mol. The molecule has 1 aliphatic rings. The predicted molar refractivity (Wildman–Crippen MR) is 71.7 cm³/mol. The molecule has 0 unspecified atom stereocenters. The minimum atomic E-state index is 0.0553. The Morgan fingerprint density at radius 3 is 2.72 bits per heavy atom. The number of ether oxygens (including phenoxy) is 1. The first-order valence-corrected chi connectivity index (χ1v) is 6.56.